The highest BCUT2D eigenvalue weighted by Crippen LogP contribution is 2.36. The van der Waals surface area contributed by atoms with Gasteiger partial charge in [0.05, 0.1) is 5.60 Å². The van der Waals surface area contributed by atoms with Crippen molar-refractivity contribution in [1.82, 2.24) is 0 Å². The zero-order valence-electron chi connectivity index (χ0n) is 9.20. The van der Waals surface area contributed by atoms with Crippen LogP contribution in [-0.4, -0.2) is 5.11 Å². The van der Waals surface area contributed by atoms with Crippen LogP contribution in [0, 0.1) is 5.82 Å². The maximum atomic E-state index is 13.6. The second-order valence-electron chi connectivity index (χ2n) is 4.20. The van der Waals surface area contributed by atoms with Crippen molar-refractivity contribution in [3.8, 4) is 11.1 Å². The van der Waals surface area contributed by atoms with Gasteiger partial charge < -0.3 is 5.11 Å². The van der Waals surface area contributed by atoms with Gasteiger partial charge in [0.15, 0.2) is 0 Å². The molecule has 3 heteroatoms. The maximum Gasteiger partial charge on any atom is 0.131 e. The molecule has 0 bridgehead atoms. The molecule has 0 spiro atoms. The Bertz CT molecular complexity index is 497. The first-order valence-electron chi connectivity index (χ1n) is 5.05. The number of rotatable bonds is 2. The zero-order valence-corrected chi connectivity index (χ0v) is 10.0. The molecule has 2 aromatic rings. The van der Waals surface area contributed by atoms with Crippen LogP contribution >= 0.6 is 11.3 Å². The van der Waals surface area contributed by atoms with Crippen LogP contribution in [0.5, 0.6) is 0 Å². The topological polar surface area (TPSA) is 20.2 Å². The highest BCUT2D eigenvalue weighted by atomic mass is 32.1. The van der Waals surface area contributed by atoms with E-state index in [2.05, 4.69) is 0 Å². The summed E-state index contributed by atoms with van der Waals surface area (Å²) in [4.78, 5) is 0.789. The maximum absolute atomic E-state index is 13.6. The van der Waals surface area contributed by atoms with Gasteiger partial charge in [-0.1, -0.05) is 18.2 Å². The molecule has 0 unspecified atom stereocenters. The third kappa shape index (κ3) is 2.01. The van der Waals surface area contributed by atoms with E-state index in [1.807, 2.05) is 11.4 Å². The van der Waals surface area contributed by atoms with Gasteiger partial charge in [0.25, 0.3) is 0 Å². The highest BCUT2D eigenvalue weighted by Gasteiger charge is 2.23. The molecule has 84 valence electrons. The van der Waals surface area contributed by atoms with E-state index >= 15 is 0 Å². The number of hydrogen-bond donors (Lipinski definition) is 1. The number of benzene rings is 1. The van der Waals surface area contributed by atoms with Crippen molar-refractivity contribution >= 4 is 11.3 Å². The van der Waals surface area contributed by atoms with Crippen LogP contribution in [-0.2, 0) is 5.60 Å². The van der Waals surface area contributed by atoms with E-state index in [0.29, 0.717) is 5.56 Å². The Kier molecular flexibility index (Phi) is 2.82. The van der Waals surface area contributed by atoms with Gasteiger partial charge in [0.1, 0.15) is 5.82 Å². The molecule has 0 amide bonds. The minimum Gasteiger partial charge on any atom is -0.385 e. The van der Waals surface area contributed by atoms with Gasteiger partial charge in [-0.15, -0.1) is 11.3 Å². The van der Waals surface area contributed by atoms with Gasteiger partial charge in [-0.25, -0.2) is 4.39 Å². The van der Waals surface area contributed by atoms with E-state index in [1.54, 1.807) is 32.0 Å². The van der Waals surface area contributed by atoms with Crippen molar-refractivity contribution in [2.24, 2.45) is 0 Å². The molecule has 0 radical (unpaired) electrons. The first-order valence-corrected chi connectivity index (χ1v) is 5.93. The second-order valence-corrected chi connectivity index (χ2v) is 5.12. The van der Waals surface area contributed by atoms with Crippen molar-refractivity contribution in [2.75, 3.05) is 0 Å². The summed E-state index contributed by atoms with van der Waals surface area (Å²) in [7, 11) is 0. The standard InChI is InChI=1S/C13H13FOS/c1-13(2,15)12-10(7-8-16-12)9-5-3-4-6-11(9)14/h3-8,15H,1-2H3. The normalized spacial score (nSPS) is 11.8. The van der Waals surface area contributed by atoms with Gasteiger partial charge in [-0.2, -0.15) is 0 Å². The minimum absolute atomic E-state index is 0.258. The molecule has 0 aliphatic carbocycles. The highest BCUT2D eigenvalue weighted by molar-refractivity contribution is 7.10. The molecule has 0 saturated carbocycles. The summed E-state index contributed by atoms with van der Waals surface area (Å²) in [6, 6.07) is 8.46. The van der Waals surface area contributed by atoms with Crippen molar-refractivity contribution < 1.29 is 9.50 Å². The van der Waals surface area contributed by atoms with E-state index in [0.717, 1.165) is 10.4 Å². The van der Waals surface area contributed by atoms with Crippen molar-refractivity contribution in [2.45, 2.75) is 19.4 Å². The fourth-order valence-electron chi connectivity index (χ4n) is 1.67. The summed E-state index contributed by atoms with van der Waals surface area (Å²) in [6.07, 6.45) is 0. The van der Waals surface area contributed by atoms with E-state index in [-0.39, 0.29) is 5.82 Å². The molecule has 0 aliphatic rings. The van der Waals surface area contributed by atoms with Gasteiger partial charge in [0.2, 0.25) is 0 Å². The van der Waals surface area contributed by atoms with Crippen LogP contribution in [0.15, 0.2) is 35.7 Å². The Balaban J connectivity index is 2.58. The van der Waals surface area contributed by atoms with Crippen LogP contribution in [0.3, 0.4) is 0 Å². The van der Waals surface area contributed by atoms with Crippen LogP contribution in [0.1, 0.15) is 18.7 Å². The quantitative estimate of drug-likeness (QED) is 0.841. The summed E-state index contributed by atoms with van der Waals surface area (Å²) >= 11 is 1.44. The molecule has 0 saturated heterocycles. The Morgan fingerprint density at radius 2 is 1.81 bits per heavy atom. The summed E-state index contributed by atoms with van der Waals surface area (Å²) in [5, 5.41) is 11.9. The fraction of sp³-hybridized carbons (Fsp3) is 0.231. The summed E-state index contributed by atoms with van der Waals surface area (Å²) in [5.74, 6) is -0.258. The monoisotopic (exact) mass is 236 g/mol. The van der Waals surface area contributed by atoms with E-state index in [4.69, 9.17) is 0 Å². The van der Waals surface area contributed by atoms with Crippen LogP contribution in [0.2, 0.25) is 0 Å². The number of thiophene rings is 1. The lowest BCUT2D eigenvalue weighted by Crippen LogP contribution is -2.14. The SMILES string of the molecule is CC(C)(O)c1sccc1-c1ccccc1F. The molecular formula is C13H13FOS. The van der Waals surface area contributed by atoms with Crippen molar-refractivity contribution in [1.29, 1.82) is 0 Å². The Labute approximate surface area is 98.2 Å². The Hall–Kier alpha value is -1.19. The van der Waals surface area contributed by atoms with Gasteiger partial charge in [-0.05, 0) is 31.4 Å². The average Bonchev–Trinajstić information content (AvgIpc) is 2.66. The summed E-state index contributed by atoms with van der Waals surface area (Å²) in [5.41, 5.74) is 0.377. The Morgan fingerprint density at radius 1 is 1.12 bits per heavy atom. The predicted molar refractivity (Wildman–Crippen MR) is 65.0 cm³/mol. The molecule has 0 fully saturated rings. The third-order valence-corrected chi connectivity index (χ3v) is 3.61. The lowest BCUT2D eigenvalue weighted by molar-refractivity contribution is 0.0831. The van der Waals surface area contributed by atoms with Gasteiger partial charge in [-0.3, -0.25) is 0 Å². The number of aliphatic hydroxyl groups is 1. The molecular weight excluding hydrogens is 223 g/mol. The number of halogens is 1. The molecule has 1 heterocycles. The zero-order chi connectivity index (χ0) is 11.8. The molecule has 2 rings (SSSR count). The van der Waals surface area contributed by atoms with E-state index in [9.17, 15) is 9.50 Å². The Morgan fingerprint density at radius 3 is 2.44 bits per heavy atom. The second kappa shape index (κ2) is 4.00. The van der Waals surface area contributed by atoms with Crippen molar-refractivity contribution in [3.05, 3.63) is 46.4 Å². The summed E-state index contributed by atoms with van der Waals surface area (Å²) < 4.78 is 13.6. The van der Waals surface area contributed by atoms with Gasteiger partial charge in [0, 0.05) is 16.0 Å². The third-order valence-electron chi connectivity index (χ3n) is 2.38. The molecule has 1 aromatic heterocycles. The number of hydrogen-bond acceptors (Lipinski definition) is 2. The summed E-state index contributed by atoms with van der Waals surface area (Å²) in [6.45, 7) is 3.42. The molecule has 16 heavy (non-hydrogen) atoms. The first-order chi connectivity index (χ1) is 7.50. The fourth-order valence-corrected chi connectivity index (χ4v) is 2.61. The predicted octanol–water partition coefficient (Wildman–Crippen LogP) is 3.78. The van der Waals surface area contributed by atoms with E-state index < -0.39 is 5.60 Å². The molecule has 1 N–H and O–H groups in total. The van der Waals surface area contributed by atoms with Crippen LogP contribution in [0.4, 0.5) is 4.39 Å². The molecule has 0 atom stereocenters. The lowest BCUT2D eigenvalue weighted by atomic mass is 9.98. The lowest BCUT2D eigenvalue weighted by Gasteiger charge is -2.18. The largest absolute Gasteiger partial charge is 0.385 e. The van der Waals surface area contributed by atoms with Crippen LogP contribution in [0.25, 0.3) is 11.1 Å². The van der Waals surface area contributed by atoms with E-state index in [1.165, 1.54) is 17.4 Å². The van der Waals surface area contributed by atoms with Crippen molar-refractivity contribution in [3.63, 3.8) is 0 Å². The first kappa shape index (κ1) is 11.3. The average molecular weight is 236 g/mol. The van der Waals surface area contributed by atoms with Crippen LogP contribution < -0.4 is 0 Å². The molecule has 1 aromatic carbocycles. The minimum atomic E-state index is -0.939. The smallest absolute Gasteiger partial charge is 0.131 e. The molecule has 1 nitrogen and oxygen atoms in total. The molecule has 0 aliphatic heterocycles. The van der Waals surface area contributed by atoms with Gasteiger partial charge >= 0.3 is 0 Å².